The molecule has 0 saturated carbocycles. The van der Waals surface area contributed by atoms with E-state index in [0.29, 0.717) is 12.0 Å². The lowest BCUT2D eigenvalue weighted by atomic mass is 10.1. The number of carbonyl (C=O) groups is 1. The lowest BCUT2D eigenvalue weighted by molar-refractivity contribution is 0.102. The van der Waals surface area contributed by atoms with E-state index in [1.165, 1.54) is 6.07 Å². The van der Waals surface area contributed by atoms with Gasteiger partial charge >= 0.3 is 0 Å². The number of rotatable bonds is 4. The summed E-state index contributed by atoms with van der Waals surface area (Å²) >= 11 is 0. The van der Waals surface area contributed by atoms with E-state index < -0.39 is 11.7 Å². The van der Waals surface area contributed by atoms with Crippen LogP contribution in [0.2, 0.25) is 0 Å². The van der Waals surface area contributed by atoms with Crippen molar-refractivity contribution in [2.45, 2.75) is 33.6 Å². The summed E-state index contributed by atoms with van der Waals surface area (Å²) in [5.41, 5.74) is 1.97. The molecule has 21 heavy (non-hydrogen) atoms. The number of hydrogen-bond acceptors (Lipinski definition) is 4. The highest BCUT2D eigenvalue weighted by atomic mass is 19.1. The van der Waals surface area contributed by atoms with E-state index in [4.69, 9.17) is 0 Å². The van der Waals surface area contributed by atoms with Gasteiger partial charge in [0.2, 0.25) is 5.95 Å². The SMILES string of the molecule is CCc1nnc(NC(=O)c2cccc(C)c2F)nc1CC. The number of nitrogens with zero attached hydrogens (tertiary/aromatic N) is 3. The maximum absolute atomic E-state index is 13.9. The van der Waals surface area contributed by atoms with E-state index in [2.05, 4.69) is 20.5 Å². The highest BCUT2D eigenvalue weighted by Gasteiger charge is 2.15. The number of aryl methyl sites for hydroxylation is 3. The first kappa shape index (κ1) is 15.0. The summed E-state index contributed by atoms with van der Waals surface area (Å²) in [5.74, 6) is -1.02. The molecule has 0 spiro atoms. The number of amides is 1. The smallest absolute Gasteiger partial charge is 0.261 e. The number of nitrogens with one attached hydrogen (secondary N) is 1. The largest absolute Gasteiger partial charge is 0.289 e. The van der Waals surface area contributed by atoms with Gasteiger partial charge < -0.3 is 0 Å². The Balaban J connectivity index is 2.25. The third kappa shape index (κ3) is 3.21. The van der Waals surface area contributed by atoms with Gasteiger partial charge in [-0.25, -0.2) is 9.37 Å². The maximum atomic E-state index is 13.9. The van der Waals surface area contributed by atoms with Crippen molar-refractivity contribution in [1.29, 1.82) is 0 Å². The number of carbonyl (C=O) groups excluding carboxylic acids is 1. The summed E-state index contributed by atoms with van der Waals surface area (Å²) in [7, 11) is 0. The van der Waals surface area contributed by atoms with Crippen LogP contribution in [0, 0.1) is 12.7 Å². The normalized spacial score (nSPS) is 10.5. The van der Waals surface area contributed by atoms with Gasteiger partial charge in [-0.2, -0.15) is 0 Å². The summed E-state index contributed by atoms with van der Waals surface area (Å²) in [6.07, 6.45) is 1.42. The Labute approximate surface area is 122 Å². The zero-order valence-electron chi connectivity index (χ0n) is 12.3. The van der Waals surface area contributed by atoms with Crippen molar-refractivity contribution in [2.75, 3.05) is 5.32 Å². The molecule has 1 aromatic heterocycles. The van der Waals surface area contributed by atoms with Crippen LogP contribution in [0.5, 0.6) is 0 Å². The fourth-order valence-electron chi connectivity index (χ4n) is 1.98. The molecule has 2 rings (SSSR count). The molecule has 0 saturated heterocycles. The standard InChI is InChI=1S/C15H17FN4O/c1-4-11-12(5-2)19-20-15(17-11)18-14(21)10-8-6-7-9(3)13(10)16/h6-8H,4-5H2,1-3H3,(H,17,18,20,21). The molecule has 1 heterocycles. The Hall–Kier alpha value is -2.37. The average Bonchev–Trinajstić information content (AvgIpc) is 2.49. The van der Waals surface area contributed by atoms with Crippen molar-refractivity contribution in [3.63, 3.8) is 0 Å². The fourth-order valence-corrected chi connectivity index (χ4v) is 1.98. The quantitative estimate of drug-likeness (QED) is 0.939. The van der Waals surface area contributed by atoms with Gasteiger partial charge in [0.05, 0.1) is 17.0 Å². The summed E-state index contributed by atoms with van der Waals surface area (Å²) in [5, 5.41) is 10.4. The Morgan fingerprint density at radius 2 is 1.90 bits per heavy atom. The van der Waals surface area contributed by atoms with E-state index >= 15 is 0 Å². The van der Waals surface area contributed by atoms with Gasteiger partial charge in [0.1, 0.15) is 5.82 Å². The molecule has 0 aliphatic rings. The van der Waals surface area contributed by atoms with Gasteiger partial charge in [0.25, 0.3) is 5.91 Å². The number of hydrogen-bond donors (Lipinski definition) is 1. The highest BCUT2D eigenvalue weighted by Crippen LogP contribution is 2.14. The predicted molar refractivity (Wildman–Crippen MR) is 77.7 cm³/mol. The number of anilines is 1. The molecule has 0 aliphatic heterocycles. The minimum atomic E-state index is -0.579. The molecule has 0 aliphatic carbocycles. The molecule has 6 heteroatoms. The second-order valence-corrected chi connectivity index (χ2v) is 4.63. The fraction of sp³-hybridized carbons (Fsp3) is 0.333. The average molecular weight is 288 g/mol. The first-order valence-electron chi connectivity index (χ1n) is 6.85. The van der Waals surface area contributed by atoms with E-state index in [1.54, 1.807) is 19.1 Å². The van der Waals surface area contributed by atoms with Crippen molar-refractivity contribution in [3.05, 3.63) is 46.5 Å². The maximum Gasteiger partial charge on any atom is 0.261 e. The molecule has 0 radical (unpaired) electrons. The van der Waals surface area contributed by atoms with Crippen molar-refractivity contribution in [1.82, 2.24) is 15.2 Å². The van der Waals surface area contributed by atoms with Crippen LogP contribution >= 0.6 is 0 Å². The van der Waals surface area contributed by atoms with Crippen LogP contribution < -0.4 is 5.32 Å². The first-order valence-corrected chi connectivity index (χ1v) is 6.85. The molecular weight excluding hydrogens is 271 g/mol. The van der Waals surface area contributed by atoms with Crippen LogP contribution in [0.4, 0.5) is 10.3 Å². The van der Waals surface area contributed by atoms with Gasteiger partial charge in [-0.1, -0.05) is 26.0 Å². The van der Waals surface area contributed by atoms with Crippen molar-refractivity contribution >= 4 is 11.9 Å². The van der Waals surface area contributed by atoms with Gasteiger partial charge in [-0.05, 0) is 31.4 Å². The predicted octanol–water partition coefficient (Wildman–Crippen LogP) is 2.70. The Kier molecular flexibility index (Phi) is 4.57. The summed E-state index contributed by atoms with van der Waals surface area (Å²) in [6.45, 7) is 5.52. The third-order valence-corrected chi connectivity index (χ3v) is 3.17. The molecule has 110 valence electrons. The summed E-state index contributed by atoms with van der Waals surface area (Å²) in [6, 6.07) is 4.66. The Bertz CT molecular complexity index is 673. The molecular formula is C15H17FN4O. The minimum Gasteiger partial charge on any atom is -0.289 e. The van der Waals surface area contributed by atoms with Crippen molar-refractivity contribution in [3.8, 4) is 0 Å². The first-order chi connectivity index (χ1) is 10.1. The minimum absolute atomic E-state index is 0.0313. The molecule has 5 nitrogen and oxygen atoms in total. The summed E-state index contributed by atoms with van der Waals surface area (Å²) in [4.78, 5) is 16.3. The summed E-state index contributed by atoms with van der Waals surface area (Å²) < 4.78 is 13.9. The van der Waals surface area contributed by atoms with Gasteiger partial charge in [-0.15, -0.1) is 10.2 Å². The molecule has 1 aromatic carbocycles. The second-order valence-electron chi connectivity index (χ2n) is 4.63. The molecule has 1 N–H and O–H groups in total. The Morgan fingerprint density at radius 1 is 1.19 bits per heavy atom. The van der Waals surface area contributed by atoms with Crippen LogP contribution in [0.25, 0.3) is 0 Å². The van der Waals surface area contributed by atoms with Gasteiger partial charge in [0.15, 0.2) is 0 Å². The third-order valence-electron chi connectivity index (χ3n) is 3.17. The van der Waals surface area contributed by atoms with E-state index in [9.17, 15) is 9.18 Å². The van der Waals surface area contributed by atoms with Gasteiger partial charge in [-0.3, -0.25) is 10.1 Å². The number of aromatic nitrogens is 3. The van der Waals surface area contributed by atoms with Crippen LogP contribution in [0.1, 0.15) is 41.2 Å². The number of benzene rings is 1. The zero-order chi connectivity index (χ0) is 15.4. The van der Waals surface area contributed by atoms with E-state index in [0.717, 1.165) is 17.8 Å². The molecule has 1 amide bonds. The van der Waals surface area contributed by atoms with Crippen LogP contribution in [-0.4, -0.2) is 21.1 Å². The van der Waals surface area contributed by atoms with Gasteiger partial charge in [0, 0.05) is 0 Å². The van der Waals surface area contributed by atoms with Crippen LogP contribution in [-0.2, 0) is 12.8 Å². The van der Waals surface area contributed by atoms with Crippen LogP contribution in [0.3, 0.4) is 0 Å². The topological polar surface area (TPSA) is 67.8 Å². The lowest BCUT2D eigenvalue weighted by Gasteiger charge is -2.08. The highest BCUT2D eigenvalue weighted by molar-refractivity contribution is 6.03. The second kappa shape index (κ2) is 6.39. The van der Waals surface area contributed by atoms with E-state index in [1.807, 2.05) is 13.8 Å². The van der Waals surface area contributed by atoms with Crippen LogP contribution in [0.15, 0.2) is 18.2 Å². The molecule has 2 aromatic rings. The van der Waals surface area contributed by atoms with Crippen molar-refractivity contribution < 1.29 is 9.18 Å². The molecule has 0 unspecified atom stereocenters. The molecule has 0 atom stereocenters. The Morgan fingerprint density at radius 3 is 2.57 bits per heavy atom. The molecule has 0 fully saturated rings. The zero-order valence-corrected chi connectivity index (χ0v) is 12.3. The van der Waals surface area contributed by atoms with Crippen molar-refractivity contribution in [2.24, 2.45) is 0 Å². The number of halogens is 1. The lowest BCUT2D eigenvalue weighted by Crippen LogP contribution is -2.18. The van der Waals surface area contributed by atoms with E-state index in [-0.39, 0.29) is 11.5 Å². The molecule has 0 bridgehead atoms. The monoisotopic (exact) mass is 288 g/mol.